The average molecular weight is 344 g/mol. The quantitative estimate of drug-likeness (QED) is 0.763. The lowest BCUT2D eigenvalue weighted by molar-refractivity contribution is -0.153. The summed E-state index contributed by atoms with van der Waals surface area (Å²) in [6, 6.07) is 5.73. The molecule has 0 saturated carbocycles. The summed E-state index contributed by atoms with van der Waals surface area (Å²) in [4.78, 5) is 15.7. The summed E-state index contributed by atoms with van der Waals surface area (Å²) >= 11 is 0. The van der Waals surface area contributed by atoms with Crippen LogP contribution in [0.5, 0.6) is 0 Å². The number of esters is 1. The number of rotatable bonds is 4. The first-order chi connectivity index (χ1) is 11.8. The molecule has 0 aliphatic carbocycles. The molecule has 4 N–H and O–H groups in total. The average Bonchev–Trinajstić information content (AvgIpc) is 3.17. The lowest BCUT2D eigenvalue weighted by Gasteiger charge is -2.22. The highest BCUT2D eigenvalue weighted by molar-refractivity contribution is 5.79. The molecular formula is C16H20N6O3. The predicted molar refractivity (Wildman–Crippen MR) is 88.0 cm³/mol. The molecule has 9 nitrogen and oxygen atoms in total. The molecule has 2 aromatic heterocycles. The largest absolute Gasteiger partial charge is 0.462 e. The van der Waals surface area contributed by atoms with Crippen LogP contribution in [0.4, 0.5) is 5.82 Å². The van der Waals surface area contributed by atoms with E-state index in [2.05, 4.69) is 16.2 Å². The van der Waals surface area contributed by atoms with Crippen molar-refractivity contribution in [3.8, 4) is 6.07 Å². The Hall–Kier alpha value is -2.70. The smallest absolute Gasteiger partial charge is 0.325 e. The normalized spacial score (nSPS) is 23.5. The summed E-state index contributed by atoms with van der Waals surface area (Å²) in [5.74, 6) is -0.192. The summed E-state index contributed by atoms with van der Waals surface area (Å²) in [6.07, 6.45) is 1.96. The maximum atomic E-state index is 11.8. The number of nitrogen functional groups attached to an aromatic ring is 1. The molecule has 1 aliphatic heterocycles. The van der Waals surface area contributed by atoms with Gasteiger partial charge < -0.3 is 20.9 Å². The summed E-state index contributed by atoms with van der Waals surface area (Å²) < 4.78 is 12.7. The van der Waals surface area contributed by atoms with Crippen molar-refractivity contribution >= 4 is 17.3 Å². The number of hydrogen-bond acceptors (Lipinski definition) is 8. The van der Waals surface area contributed by atoms with Crippen molar-refractivity contribution < 1.29 is 14.3 Å². The molecule has 2 unspecified atom stereocenters. The van der Waals surface area contributed by atoms with Gasteiger partial charge >= 0.3 is 5.97 Å². The van der Waals surface area contributed by atoms with Crippen molar-refractivity contribution in [2.75, 3.05) is 12.3 Å². The van der Waals surface area contributed by atoms with Crippen LogP contribution in [0, 0.1) is 11.3 Å². The van der Waals surface area contributed by atoms with Crippen molar-refractivity contribution in [1.29, 1.82) is 5.26 Å². The molecule has 0 spiro atoms. The first-order valence-electron chi connectivity index (χ1n) is 7.91. The highest BCUT2D eigenvalue weighted by Gasteiger charge is 2.45. The zero-order chi connectivity index (χ0) is 18.2. The Morgan fingerprint density at radius 3 is 3.04 bits per heavy atom. The molecule has 1 aliphatic rings. The van der Waals surface area contributed by atoms with Gasteiger partial charge in [-0.05, 0) is 38.8 Å². The molecule has 0 radical (unpaired) electrons. The number of fused-ring (bicyclic) bond motifs is 1. The summed E-state index contributed by atoms with van der Waals surface area (Å²) in [7, 11) is 0. The lowest BCUT2D eigenvalue weighted by Crippen LogP contribution is -2.43. The fourth-order valence-corrected chi connectivity index (χ4v) is 2.83. The van der Waals surface area contributed by atoms with E-state index in [1.807, 2.05) is 0 Å². The fourth-order valence-electron chi connectivity index (χ4n) is 2.83. The zero-order valence-electron chi connectivity index (χ0n) is 14.1. The van der Waals surface area contributed by atoms with Crippen LogP contribution in [0.15, 0.2) is 18.5 Å². The van der Waals surface area contributed by atoms with Gasteiger partial charge in [0.2, 0.25) is 0 Å². The van der Waals surface area contributed by atoms with Crippen molar-refractivity contribution in [2.45, 2.75) is 43.9 Å². The number of aromatic nitrogens is 3. The summed E-state index contributed by atoms with van der Waals surface area (Å²) in [5.41, 5.74) is 10.5. The molecule has 9 heteroatoms. The van der Waals surface area contributed by atoms with Gasteiger partial charge in [0.15, 0.2) is 11.4 Å². The van der Waals surface area contributed by atoms with Gasteiger partial charge in [-0.25, -0.2) is 9.50 Å². The Kier molecular flexibility index (Phi) is 4.10. The monoisotopic (exact) mass is 344 g/mol. The van der Waals surface area contributed by atoms with E-state index < -0.39 is 23.2 Å². The Morgan fingerprint density at radius 2 is 2.36 bits per heavy atom. The molecule has 3 rings (SSSR count). The maximum absolute atomic E-state index is 11.8. The number of nitrogens with zero attached hydrogens (tertiary/aromatic N) is 4. The van der Waals surface area contributed by atoms with E-state index in [4.69, 9.17) is 20.9 Å². The Labute approximate surface area is 144 Å². The van der Waals surface area contributed by atoms with E-state index in [9.17, 15) is 10.1 Å². The lowest BCUT2D eigenvalue weighted by atomic mass is 9.98. The van der Waals surface area contributed by atoms with Crippen LogP contribution in [0.1, 0.15) is 32.4 Å². The minimum absolute atomic E-state index is 0.0450. The van der Waals surface area contributed by atoms with Crippen LogP contribution in [-0.2, 0) is 19.9 Å². The van der Waals surface area contributed by atoms with E-state index in [0.717, 1.165) is 0 Å². The van der Waals surface area contributed by atoms with E-state index >= 15 is 0 Å². The second-order valence-electron chi connectivity index (χ2n) is 6.70. The topological polar surface area (TPSA) is 142 Å². The van der Waals surface area contributed by atoms with Gasteiger partial charge in [0.25, 0.3) is 0 Å². The van der Waals surface area contributed by atoms with E-state index in [1.54, 1.807) is 30.5 Å². The number of nitrogens with two attached hydrogens (primary N) is 2. The Bertz CT molecular complexity index is 850. The minimum atomic E-state index is -1.18. The second-order valence-corrected chi connectivity index (χ2v) is 6.70. The predicted octanol–water partition coefficient (Wildman–Crippen LogP) is 0.490. The van der Waals surface area contributed by atoms with Crippen molar-refractivity contribution in [3.05, 3.63) is 24.2 Å². The highest BCUT2D eigenvalue weighted by Crippen LogP contribution is 2.39. The van der Waals surface area contributed by atoms with Gasteiger partial charge in [-0.1, -0.05) is 0 Å². The molecule has 1 saturated heterocycles. The number of carbonyl (C=O) groups excluding carboxylic acids is 1. The fraction of sp³-hybridized carbons (Fsp3) is 0.500. The number of nitriles is 1. The molecule has 1 fully saturated rings. The summed E-state index contributed by atoms with van der Waals surface area (Å²) in [5, 5.41) is 13.9. The van der Waals surface area contributed by atoms with Crippen LogP contribution < -0.4 is 11.5 Å². The van der Waals surface area contributed by atoms with Crippen LogP contribution in [-0.4, -0.2) is 38.8 Å². The van der Waals surface area contributed by atoms with Crippen LogP contribution in [0.25, 0.3) is 5.52 Å². The number of hydrogen-bond donors (Lipinski definition) is 2. The van der Waals surface area contributed by atoms with Crippen molar-refractivity contribution in [3.63, 3.8) is 0 Å². The minimum Gasteiger partial charge on any atom is -0.462 e. The van der Waals surface area contributed by atoms with Gasteiger partial charge in [0.05, 0.1) is 11.8 Å². The maximum Gasteiger partial charge on any atom is 0.325 e. The third-order valence-electron chi connectivity index (χ3n) is 4.19. The number of carbonyl (C=O) groups is 1. The molecule has 25 heavy (non-hydrogen) atoms. The summed E-state index contributed by atoms with van der Waals surface area (Å²) in [6.45, 7) is 3.19. The van der Waals surface area contributed by atoms with Gasteiger partial charge in [0, 0.05) is 0 Å². The number of anilines is 1. The highest BCUT2D eigenvalue weighted by atomic mass is 16.6. The third kappa shape index (κ3) is 3.01. The van der Waals surface area contributed by atoms with Crippen molar-refractivity contribution in [2.24, 2.45) is 5.73 Å². The van der Waals surface area contributed by atoms with Crippen LogP contribution >= 0.6 is 0 Å². The van der Waals surface area contributed by atoms with Crippen LogP contribution in [0.3, 0.4) is 0 Å². The first-order valence-corrected chi connectivity index (χ1v) is 7.91. The molecule has 0 aromatic carbocycles. The van der Waals surface area contributed by atoms with Gasteiger partial charge in [-0.15, -0.1) is 0 Å². The zero-order valence-corrected chi connectivity index (χ0v) is 14.1. The second kappa shape index (κ2) is 5.98. The molecule has 132 valence electrons. The molecule has 2 atom stereocenters. The van der Waals surface area contributed by atoms with E-state index in [0.29, 0.717) is 29.9 Å². The Balaban J connectivity index is 1.80. The molecule has 0 bridgehead atoms. The van der Waals surface area contributed by atoms with Gasteiger partial charge in [-0.2, -0.15) is 10.4 Å². The standard InChI is InChI=1S/C16H20N6O3/c1-15(2,19)14(23)24-7-10-5-6-16(8-17,25-10)12-4-3-11-13(18)20-9-21-22(11)12/h3-4,9-10H,5-7,19H2,1-2H3,(H2,18,20,21). The molecule has 0 amide bonds. The Morgan fingerprint density at radius 1 is 1.60 bits per heavy atom. The SMILES string of the molecule is CC(C)(N)C(=O)OCC1CCC(C#N)(c2ccc3c(N)ncnn23)O1. The molecule has 2 aromatic rings. The van der Waals surface area contributed by atoms with Crippen LogP contribution in [0.2, 0.25) is 0 Å². The first kappa shape index (κ1) is 17.1. The molecular weight excluding hydrogens is 324 g/mol. The van der Waals surface area contributed by atoms with E-state index in [-0.39, 0.29) is 6.61 Å². The third-order valence-corrected chi connectivity index (χ3v) is 4.19. The van der Waals surface area contributed by atoms with Crippen molar-refractivity contribution in [1.82, 2.24) is 14.6 Å². The number of ether oxygens (including phenoxy) is 2. The van der Waals surface area contributed by atoms with Gasteiger partial charge in [0.1, 0.15) is 30.1 Å². The van der Waals surface area contributed by atoms with E-state index in [1.165, 1.54) is 6.33 Å². The molecule has 3 heterocycles. The van der Waals surface area contributed by atoms with Gasteiger partial charge in [-0.3, -0.25) is 4.79 Å².